The van der Waals surface area contributed by atoms with Gasteiger partial charge in [-0.15, -0.1) is 35.3 Å². The van der Waals surface area contributed by atoms with Crippen LogP contribution in [0, 0.1) is 6.92 Å². The fourth-order valence-corrected chi connectivity index (χ4v) is 3.20. The minimum Gasteiger partial charge on any atom is -0.356 e. The molecule has 1 aromatic carbocycles. The zero-order valence-electron chi connectivity index (χ0n) is 14.9. The molecule has 6 heteroatoms. The molecule has 0 bridgehead atoms. The number of hydrogen-bond acceptors (Lipinski definition) is 3. The van der Waals surface area contributed by atoms with Crippen LogP contribution in [-0.2, 0) is 19.4 Å². The van der Waals surface area contributed by atoms with Gasteiger partial charge in [0.05, 0.1) is 5.01 Å². The molecule has 2 rings (SSSR count). The summed E-state index contributed by atoms with van der Waals surface area (Å²) in [5.74, 6) is 0.915. The third-order valence-corrected chi connectivity index (χ3v) is 4.69. The van der Waals surface area contributed by atoms with E-state index < -0.39 is 0 Å². The molecule has 1 aromatic heterocycles. The van der Waals surface area contributed by atoms with Crippen molar-refractivity contribution in [2.75, 3.05) is 20.6 Å². The van der Waals surface area contributed by atoms with Gasteiger partial charge in [0.2, 0.25) is 0 Å². The molecule has 4 nitrogen and oxygen atoms in total. The van der Waals surface area contributed by atoms with Crippen molar-refractivity contribution in [3.8, 4) is 0 Å². The van der Waals surface area contributed by atoms with E-state index >= 15 is 0 Å². The summed E-state index contributed by atoms with van der Waals surface area (Å²) in [7, 11) is 3.89. The van der Waals surface area contributed by atoms with Crippen LogP contribution in [0.3, 0.4) is 0 Å². The number of nitrogens with zero attached hydrogens (tertiary/aromatic N) is 3. The highest BCUT2D eigenvalue weighted by atomic mass is 127. The Labute approximate surface area is 166 Å². The van der Waals surface area contributed by atoms with E-state index in [1.54, 1.807) is 11.3 Å². The first-order valence-corrected chi connectivity index (χ1v) is 8.85. The molecule has 0 saturated heterocycles. The maximum absolute atomic E-state index is 4.39. The smallest absolute Gasteiger partial charge is 0.193 e. The van der Waals surface area contributed by atoms with Crippen molar-refractivity contribution in [3.63, 3.8) is 0 Å². The third kappa shape index (κ3) is 6.39. The van der Waals surface area contributed by atoms with E-state index in [1.165, 1.54) is 21.0 Å². The van der Waals surface area contributed by atoms with Crippen LogP contribution >= 0.6 is 35.3 Å². The van der Waals surface area contributed by atoms with Gasteiger partial charge in [-0.05, 0) is 24.5 Å². The van der Waals surface area contributed by atoms with E-state index in [0.29, 0.717) is 0 Å². The summed E-state index contributed by atoms with van der Waals surface area (Å²) < 4.78 is 0. The normalized spacial score (nSPS) is 11.1. The summed E-state index contributed by atoms with van der Waals surface area (Å²) in [6.07, 6.45) is 3.94. The SMILES string of the molecule is CCc1ccc(CN(C)C(=NC)NCCc2ncc(C)s2)cc1.I. The van der Waals surface area contributed by atoms with Gasteiger partial charge in [-0.25, -0.2) is 4.98 Å². The van der Waals surface area contributed by atoms with Gasteiger partial charge in [-0.1, -0.05) is 31.2 Å². The summed E-state index contributed by atoms with van der Waals surface area (Å²) in [5.41, 5.74) is 2.67. The van der Waals surface area contributed by atoms with Gasteiger partial charge in [0.1, 0.15) is 0 Å². The Balaban J connectivity index is 0.00000288. The molecule has 0 spiro atoms. The first-order valence-electron chi connectivity index (χ1n) is 8.03. The molecule has 1 heterocycles. The van der Waals surface area contributed by atoms with Crippen molar-refractivity contribution < 1.29 is 0 Å². The fourth-order valence-electron chi connectivity index (χ4n) is 2.41. The van der Waals surface area contributed by atoms with E-state index in [1.807, 2.05) is 13.2 Å². The molecule has 24 heavy (non-hydrogen) atoms. The van der Waals surface area contributed by atoms with Crippen molar-refractivity contribution >= 4 is 41.3 Å². The summed E-state index contributed by atoms with van der Waals surface area (Å²) in [4.78, 5) is 12.2. The number of benzene rings is 1. The number of aryl methyl sites for hydroxylation is 2. The van der Waals surface area contributed by atoms with Crippen molar-refractivity contribution in [1.29, 1.82) is 0 Å². The van der Waals surface area contributed by atoms with Crippen molar-refractivity contribution in [3.05, 3.63) is 51.5 Å². The quantitative estimate of drug-likeness (QED) is 0.406. The molecular formula is C18H27IN4S. The van der Waals surface area contributed by atoms with Crippen LogP contribution in [0.25, 0.3) is 0 Å². The standard InChI is InChI=1S/C18H26N4S.HI/c1-5-15-6-8-16(9-7-15)13-22(4)18(19-3)20-11-10-17-21-12-14(2)23-17;/h6-9,12H,5,10-11,13H2,1-4H3,(H,19,20);1H. The Bertz CT molecular complexity index is 637. The highest BCUT2D eigenvalue weighted by molar-refractivity contribution is 14.0. The lowest BCUT2D eigenvalue weighted by atomic mass is 10.1. The van der Waals surface area contributed by atoms with Gasteiger partial charge >= 0.3 is 0 Å². The Morgan fingerprint density at radius 1 is 1.25 bits per heavy atom. The van der Waals surface area contributed by atoms with E-state index in [0.717, 1.165) is 31.9 Å². The van der Waals surface area contributed by atoms with Crippen LogP contribution < -0.4 is 5.32 Å². The Morgan fingerprint density at radius 3 is 2.46 bits per heavy atom. The van der Waals surface area contributed by atoms with Crippen LogP contribution in [0.4, 0.5) is 0 Å². The summed E-state index contributed by atoms with van der Waals surface area (Å²) in [5, 5.41) is 4.58. The maximum atomic E-state index is 4.39. The first-order chi connectivity index (χ1) is 11.1. The fraction of sp³-hybridized carbons (Fsp3) is 0.444. The molecule has 0 fully saturated rings. The number of halogens is 1. The lowest BCUT2D eigenvalue weighted by Gasteiger charge is -2.22. The molecule has 1 N–H and O–H groups in total. The average molecular weight is 458 g/mol. The second-order valence-electron chi connectivity index (χ2n) is 5.61. The molecule has 0 aliphatic heterocycles. The predicted octanol–water partition coefficient (Wildman–Crippen LogP) is 3.88. The Morgan fingerprint density at radius 2 is 1.92 bits per heavy atom. The minimum atomic E-state index is 0. The van der Waals surface area contributed by atoms with Gasteiger partial charge in [0.25, 0.3) is 0 Å². The molecule has 0 radical (unpaired) electrons. The monoisotopic (exact) mass is 458 g/mol. The first kappa shape index (κ1) is 20.9. The Hall–Kier alpha value is -1.15. The number of hydrogen-bond donors (Lipinski definition) is 1. The molecule has 0 unspecified atom stereocenters. The lowest BCUT2D eigenvalue weighted by Crippen LogP contribution is -2.39. The predicted molar refractivity (Wildman–Crippen MR) is 115 cm³/mol. The summed E-state index contributed by atoms with van der Waals surface area (Å²) >= 11 is 1.76. The van der Waals surface area contributed by atoms with Crippen LogP contribution in [0.1, 0.15) is 27.9 Å². The van der Waals surface area contributed by atoms with E-state index in [4.69, 9.17) is 0 Å². The molecule has 0 saturated carbocycles. The second-order valence-corrected chi connectivity index (χ2v) is 6.93. The largest absolute Gasteiger partial charge is 0.356 e. The lowest BCUT2D eigenvalue weighted by molar-refractivity contribution is 0.477. The summed E-state index contributed by atoms with van der Waals surface area (Å²) in [6, 6.07) is 8.79. The van der Waals surface area contributed by atoms with Crippen LogP contribution in [0.15, 0.2) is 35.5 Å². The number of thiazole rings is 1. The molecule has 0 aliphatic rings. The number of guanidine groups is 1. The van der Waals surface area contributed by atoms with Crippen molar-refractivity contribution in [2.24, 2.45) is 4.99 Å². The highest BCUT2D eigenvalue weighted by Crippen LogP contribution is 2.11. The van der Waals surface area contributed by atoms with E-state index in [-0.39, 0.29) is 24.0 Å². The Kier molecular flexibility index (Phi) is 9.28. The molecule has 0 amide bonds. The average Bonchev–Trinajstić information content (AvgIpc) is 2.97. The van der Waals surface area contributed by atoms with E-state index in [2.05, 4.69) is 65.4 Å². The summed E-state index contributed by atoms with van der Waals surface area (Å²) in [6.45, 7) is 5.96. The molecule has 0 aliphatic carbocycles. The third-order valence-electron chi connectivity index (χ3n) is 3.72. The van der Waals surface area contributed by atoms with Gasteiger partial charge in [-0.2, -0.15) is 0 Å². The highest BCUT2D eigenvalue weighted by Gasteiger charge is 2.07. The van der Waals surface area contributed by atoms with E-state index in [9.17, 15) is 0 Å². The number of nitrogens with one attached hydrogen (secondary N) is 1. The van der Waals surface area contributed by atoms with Crippen LogP contribution in [0.2, 0.25) is 0 Å². The van der Waals surface area contributed by atoms with Crippen molar-refractivity contribution in [2.45, 2.75) is 33.2 Å². The van der Waals surface area contributed by atoms with Gasteiger partial charge in [0.15, 0.2) is 5.96 Å². The zero-order chi connectivity index (χ0) is 16.7. The molecular weight excluding hydrogens is 431 g/mol. The molecule has 132 valence electrons. The van der Waals surface area contributed by atoms with Crippen LogP contribution in [0.5, 0.6) is 0 Å². The van der Waals surface area contributed by atoms with Crippen LogP contribution in [-0.4, -0.2) is 36.5 Å². The van der Waals surface area contributed by atoms with Gasteiger partial charge in [0, 0.05) is 44.7 Å². The van der Waals surface area contributed by atoms with Gasteiger partial charge < -0.3 is 10.2 Å². The molecule has 0 atom stereocenters. The number of aliphatic imine (C=N–C) groups is 1. The van der Waals surface area contributed by atoms with Crippen molar-refractivity contribution in [1.82, 2.24) is 15.2 Å². The number of rotatable bonds is 6. The second kappa shape index (κ2) is 10.7. The zero-order valence-corrected chi connectivity index (χ0v) is 18.0. The topological polar surface area (TPSA) is 40.5 Å². The van der Waals surface area contributed by atoms with Gasteiger partial charge in [-0.3, -0.25) is 4.99 Å². The molecule has 2 aromatic rings. The number of aromatic nitrogens is 1. The minimum absolute atomic E-state index is 0. The maximum Gasteiger partial charge on any atom is 0.193 e.